The number of rotatable bonds is 4. The Kier molecular flexibility index (Phi) is 4.99. The van der Waals surface area contributed by atoms with E-state index in [1.165, 1.54) is 0 Å². The summed E-state index contributed by atoms with van der Waals surface area (Å²) in [6.07, 6.45) is -1.49. The fourth-order valence-corrected chi connectivity index (χ4v) is 2.81. The van der Waals surface area contributed by atoms with Gasteiger partial charge in [0.1, 0.15) is 0 Å². The molecule has 0 spiro atoms. The molecule has 0 aliphatic carbocycles. The minimum Gasteiger partial charge on any atom is -0.350 e. The van der Waals surface area contributed by atoms with E-state index in [0.717, 1.165) is 37.7 Å². The third-order valence-corrected chi connectivity index (χ3v) is 4.02. The fraction of sp³-hybridized carbons (Fsp3) is 0.412. The Balaban J connectivity index is 1.85. The van der Waals surface area contributed by atoms with Crippen LogP contribution < -0.4 is 10.6 Å². The molecule has 1 aromatic carbocycles. The predicted molar refractivity (Wildman–Crippen MR) is 85.8 cm³/mol. The standard InChI is InChI=1S/C17H19F3N4/c18-17(19,20)14-11-22-16(23-13-7-4-8-21-10-13)24-15(14)9-12-5-2-1-3-6-12/h1-3,5-6,11,13,21H,4,7-10H2,(H,22,23,24). The van der Waals surface area contributed by atoms with E-state index < -0.39 is 11.7 Å². The van der Waals surface area contributed by atoms with Crippen molar-refractivity contribution < 1.29 is 13.2 Å². The average molecular weight is 336 g/mol. The quantitative estimate of drug-likeness (QED) is 0.900. The molecule has 7 heteroatoms. The van der Waals surface area contributed by atoms with E-state index in [2.05, 4.69) is 20.6 Å². The molecule has 4 nitrogen and oxygen atoms in total. The van der Waals surface area contributed by atoms with E-state index in [0.29, 0.717) is 0 Å². The van der Waals surface area contributed by atoms with Crippen LogP contribution in [0.5, 0.6) is 0 Å². The van der Waals surface area contributed by atoms with Crippen LogP contribution in [0, 0.1) is 0 Å². The largest absolute Gasteiger partial charge is 0.419 e. The number of halogens is 3. The summed E-state index contributed by atoms with van der Waals surface area (Å²) in [7, 11) is 0. The predicted octanol–water partition coefficient (Wildman–Crippen LogP) is 3.25. The van der Waals surface area contributed by atoms with Crippen LogP contribution in [-0.2, 0) is 12.6 Å². The molecule has 1 aliphatic heterocycles. The smallest absolute Gasteiger partial charge is 0.350 e. The fourth-order valence-electron chi connectivity index (χ4n) is 2.81. The van der Waals surface area contributed by atoms with Crippen molar-refractivity contribution in [2.75, 3.05) is 18.4 Å². The summed E-state index contributed by atoms with van der Waals surface area (Å²) in [6.45, 7) is 1.73. The van der Waals surface area contributed by atoms with Gasteiger partial charge in [-0.2, -0.15) is 13.2 Å². The van der Waals surface area contributed by atoms with Crippen LogP contribution in [-0.4, -0.2) is 29.1 Å². The number of aromatic nitrogens is 2. The summed E-state index contributed by atoms with van der Waals surface area (Å²) >= 11 is 0. The summed E-state index contributed by atoms with van der Waals surface area (Å²) in [6, 6.07) is 9.16. The molecule has 2 heterocycles. The molecule has 1 saturated heterocycles. The van der Waals surface area contributed by atoms with Crippen LogP contribution in [0.15, 0.2) is 36.5 Å². The van der Waals surface area contributed by atoms with E-state index in [9.17, 15) is 13.2 Å². The van der Waals surface area contributed by atoms with Crippen molar-refractivity contribution in [3.8, 4) is 0 Å². The highest BCUT2D eigenvalue weighted by atomic mass is 19.4. The van der Waals surface area contributed by atoms with E-state index in [-0.39, 0.29) is 24.1 Å². The van der Waals surface area contributed by atoms with Crippen LogP contribution in [0.1, 0.15) is 29.7 Å². The first kappa shape index (κ1) is 16.7. The second-order valence-electron chi connectivity index (χ2n) is 5.90. The van der Waals surface area contributed by atoms with Gasteiger partial charge >= 0.3 is 6.18 Å². The number of nitrogens with zero attached hydrogens (tertiary/aromatic N) is 2. The van der Waals surface area contributed by atoms with Crippen molar-refractivity contribution in [3.05, 3.63) is 53.3 Å². The van der Waals surface area contributed by atoms with Gasteiger partial charge in [0.15, 0.2) is 0 Å². The zero-order chi connectivity index (χ0) is 17.0. The Morgan fingerprint density at radius 1 is 1.21 bits per heavy atom. The number of piperidine rings is 1. The number of nitrogens with one attached hydrogen (secondary N) is 2. The van der Waals surface area contributed by atoms with Crippen molar-refractivity contribution >= 4 is 5.95 Å². The summed E-state index contributed by atoms with van der Waals surface area (Å²) in [4.78, 5) is 8.03. The molecule has 1 aromatic heterocycles. The SMILES string of the molecule is FC(F)(F)c1cnc(NC2CCCNC2)nc1Cc1ccccc1. The second-order valence-corrected chi connectivity index (χ2v) is 5.90. The lowest BCUT2D eigenvalue weighted by molar-refractivity contribution is -0.138. The molecule has 0 bridgehead atoms. The van der Waals surface area contributed by atoms with Crippen LogP contribution in [0.2, 0.25) is 0 Å². The number of benzene rings is 1. The molecule has 128 valence electrons. The molecule has 0 radical (unpaired) electrons. The monoisotopic (exact) mass is 336 g/mol. The van der Waals surface area contributed by atoms with Gasteiger partial charge in [0.05, 0.1) is 11.3 Å². The number of anilines is 1. The highest BCUT2D eigenvalue weighted by Crippen LogP contribution is 2.32. The van der Waals surface area contributed by atoms with Crippen molar-refractivity contribution in [1.82, 2.24) is 15.3 Å². The van der Waals surface area contributed by atoms with Gasteiger partial charge in [-0.05, 0) is 24.9 Å². The molecule has 1 unspecified atom stereocenters. The lowest BCUT2D eigenvalue weighted by atomic mass is 10.1. The topological polar surface area (TPSA) is 49.8 Å². The first-order valence-electron chi connectivity index (χ1n) is 7.96. The molecule has 0 saturated carbocycles. The summed E-state index contributed by atoms with van der Waals surface area (Å²) in [5.74, 6) is 0.252. The van der Waals surface area contributed by atoms with Gasteiger partial charge in [-0.15, -0.1) is 0 Å². The Bertz CT molecular complexity index is 667. The highest BCUT2D eigenvalue weighted by molar-refractivity contribution is 5.35. The maximum absolute atomic E-state index is 13.2. The minimum absolute atomic E-state index is 0.00466. The van der Waals surface area contributed by atoms with E-state index in [1.807, 2.05) is 6.07 Å². The zero-order valence-corrected chi connectivity index (χ0v) is 13.1. The van der Waals surface area contributed by atoms with Crippen molar-refractivity contribution in [1.29, 1.82) is 0 Å². The summed E-state index contributed by atoms with van der Waals surface area (Å²) in [5, 5.41) is 6.38. The number of hydrogen-bond acceptors (Lipinski definition) is 4. The Morgan fingerprint density at radius 2 is 2.00 bits per heavy atom. The van der Waals surface area contributed by atoms with Crippen LogP contribution in [0.25, 0.3) is 0 Å². The summed E-state index contributed by atoms with van der Waals surface area (Å²) in [5.41, 5.74) is 0.000578. The lowest BCUT2D eigenvalue weighted by Gasteiger charge is -2.24. The van der Waals surface area contributed by atoms with E-state index in [4.69, 9.17) is 0 Å². The van der Waals surface area contributed by atoms with Crippen molar-refractivity contribution in [2.45, 2.75) is 31.5 Å². The molecule has 2 N–H and O–H groups in total. The molecule has 24 heavy (non-hydrogen) atoms. The molecule has 1 fully saturated rings. The minimum atomic E-state index is -4.46. The maximum atomic E-state index is 13.2. The molecule has 1 atom stereocenters. The van der Waals surface area contributed by atoms with Crippen molar-refractivity contribution in [2.24, 2.45) is 0 Å². The number of alkyl halides is 3. The Labute approximate surface area is 138 Å². The third-order valence-electron chi connectivity index (χ3n) is 4.02. The molecular weight excluding hydrogens is 317 g/mol. The lowest BCUT2D eigenvalue weighted by Crippen LogP contribution is -2.38. The van der Waals surface area contributed by atoms with Gasteiger partial charge in [-0.1, -0.05) is 30.3 Å². The van der Waals surface area contributed by atoms with Crippen molar-refractivity contribution in [3.63, 3.8) is 0 Å². The van der Waals surface area contributed by atoms with E-state index in [1.54, 1.807) is 24.3 Å². The van der Waals surface area contributed by atoms with Gasteiger partial charge in [0, 0.05) is 25.2 Å². The molecular formula is C17H19F3N4. The molecule has 0 amide bonds. The van der Waals surface area contributed by atoms with Crippen LogP contribution >= 0.6 is 0 Å². The summed E-state index contributed by atoms with van der Waals surface area (Å²) < 4.78 is 39.7. The first-order chi connectivity index (χ1) is 11.5. The van der Waals surface area contributed by atoms with Gasteiger partial charge < -0.3 is 10.6 Å². The maximum Gasteiger partial charge on any atom is 0.419 e. The van der Waals surface area contributed by atoms with Gasteiger partial charge in [-0.3, -0.25) is 0 Å². The molecule has 1 aliphatic rings. The molecule has 3 rings (SSSR count). The van der Waals surface area contributed by atoms with Gasteiger partial charge in [-0.25, -0.2) is 9.97 Å². The van der Waals surface area contributed by atoms with Gasteiger partial charge in [0.2, 0.25) is 5.95 Å². The first-order valence-corrected chi connectivity index (χ1v) is 7.96. The average Bonchev–Trinajstić information content (AvgIpc) is 2.56. The van der Waals surface area contributed by atoms with Crippen LogP contribution in [0.3, 0.4) is 0 Å². The Hall–Kier alpha value is -2.15. The third kappa shape index (κ3) is 4.23. The van der Waals surface area contributed by atoms with E-state index >= 15 is 0 Å². The normalized spacial score (nSPS) is 18.4. The Morgan fingerprint density at radius 3 is 2.67 bits per heavy atom. The van der Waals surface area contributed by atoms with Gasteiger partial charge in [0.25, 0.3) is 0 Å². The molecule has 2 aromatic rings. The highest BCUT2D eigenvalue weighted by Gasteiger charge is 2.35. The zero-order valence-electron chi connectivity index (χ0n) is 13.1. The van der Waals surface area contributed by atoms with Crippen LogP contribution in [0.4, 0.5) is 19.1 Å². The number of hydrogen-bond donors (Lipinski definition) is 2. The second kappa shape index (κ2) is 7.17.